The van der Waals surface area contributed by atoms with Crippen LogP contribution in [0.2, 0.25) is 0 Å². The van der Waals surface area contributed by atoms with Gasteiger partial charge in [-0.3, -0.25) is 0 Å². The van der Waals surface area contributed by atoms with Crippen molar-refractivity contribution in [2.75, 3.05) is 13.2 Å². The van der Waals surface area contributed by atoms with Gasteiger partial charge < -0.3 is 10.2 Å². The van der Waals surface area contributed by atoms with E-state index >= 15 is 0 Å². The predicted octanol–water partition coefficient (Wildman–Crippen LogP) is 1.90. The second kappa shape index (κ2) is 7.25. The van der Waals surface area contributed by atoms with Crippen LogP contribution in [0.1, 0.15) is 23.5 Å². The summed E-state index contributed by atoms with van der Waals surface area (Å²) >= 11 is 0. The first-order chi connectivity index (χ1) is 11.9. The number of aliphatic hydroxyl groups is 2. The molecule has 134 valence electrons. The van der Waals surface area contributed by atoms with E-state index in [1.165, 1.54) is 4.31 Å². The molecule has 0 aliphatic carbocycles. The molecule has 1 aliphatic heterocycles. The lowest BCUT2D eigenvalue weighted by molar-refractivity contribution is 0.0405. The lowest BCUT2D eigenvalue weighted by Gasteiger charge is -2.40. The third-order valence-corrected chi connectivity index (χ3v) is 6.76. The first-order valence-corrected chi connectivity index (χ1v) is 9.80. The van der Waals surface area contributed by atoms with Crippen molar-refractivity contribution in [3.8, 4) is 0 Å². The van der Waals surface area contributed by atoms with Gasteiger partial charge in [0.15, 0.2) is 0 Å². The monoisotopic (exact) mass is 361 g/mol. The SMILES string of the molecule is Cc1ccc(S(=O)(=O)N2C[C@H](O)[C@@H](c3ccccc3)C[C@H]2CO)cc1. The van der Waals surface area contributed by atoms with Gasteiger partial charge in [-0.05, 0) is 31.0 Å². The van der Waals surface area contributed by atoms with E-state index in [2.05, 4.69) is 0 Å². The highest BCUT2D eigenvalue weighted by Crippen LogP contribution is 2.34. The van der Waals surface area contributed by atoms with Crippen molar-refractivity contribution < 1.29 is 18.6 Å². The molecule has 0 unspecified atom stereocenters. The van der Waals surface area contributed by atoms with E-state index in [0.717, 1.165) is 11.1 Å². The molecule has 3 atom stereocenters. The van der Waals surface area contributed by atoms with Crippen LogP contribution in [0, 0.1) is 6.92 Å². The Hall–Kier alpha value is -1.73. The fourth-order valence-electron chi connectivity index (χ4n) is 3.39. The fourth-order valence-corrected chi connectivity index (χ4v) is 5.04. The molecule has 2 N–H and O–H groups in total. The van der Waals surface area contributed by atoms with E-state index in [1.54, 1.807) is 24.3 Å². The average molecular weight is 361 g/mol. The van der Waals surface area contributed by atoms with Crippen molar-refractivity contribution in [3.63, 3.8) is 0 Å². The minimum atomic E-state index is -3.77. The lowest BCUT2D eigenvalue weighted by Crippen LogP contribution is -2.52. The highest BCUT2D eigenvalue weighted by Gasteiger charge is 2.41. The second-order valence-electron chi connectivity index (χ2n) is 6.54. The molecule has 0 saturated carbocycles. The van der Waals surface area contributed by atoms with E-state index in [-0.39, 0.29) is 24.0 Å². The van der Waals surface area contributed by atoms with Crippen LogP contribution in [0.4, 0.5) is 0 Å². The van der Waals surface area contributed by atoms with E-state index < -0.39 is 22.2 Å². The van der Waals surface area contributed by atoms with Crippen molar-refractivity contribution in [2.24, 2.45) is 0 Å². The van der Waals surface area contributed by atoms with Crippen LogP contribution in [-0.4, -0.2) is 48.2 Å². The first-order valence-electron chi connectivity index (χ1n) is 8.36. The molecule has 0 amide bonds. The molecule has 2 aromatic rings. The summed E-state index contributed by atoms with van der Waals surface area (Å²) in [7, 11) is -3.77. The molecule has 0 bridgehead atoms. The highest BCUT2D eigenvalue weighted by atomic mass is 32.2. The van der Waals surface area contributed by atoms with Gasteiger partial charge in [-0.15, -0.1) is 0 Å². The lowest BCUT2D eigenvalue weighted by atomic mass is 9.84. The van der Waals surface area contributed by atoms with Crippen LogP contribution >= 0.6 is 0 Å². The molecule has 2 aromatic carbocycles. The van der Waals surface area contributed by atoms with Crippen molar-refractivity contribution >= 4 is 10.0 Å². The molecule has 3 rings (SSSR count). The Morgan fingerprint density at radius 3 is 2.32 bits per heavy atom. The van der Waals surface area contributed by atoms with Crippen LogP contribution in [0.15, 0.2) is 59.5 Å². The van der Waals surface area contributed by atoms with E-state index in [4.69, 9.17) is 0 Å². The highest BCUT2D eigenvalue weighted by molar-refractivity contribution is 7.89. The zero-order valence-corrected chi connectivity index (χ0v) is 14.9. The molecule has 5 nitrogen and oxygen atoms in total. The number of β-amino-alcohol motifs (C(OH)–C–C–N with tert-alkyl or cyclic N) is 1. The summed E-state index contributed by atoms with van der Waals surface area (Å²) in [6, 6.07) is 15.6. The maximum absolute atomic E-state index is 13.0. The summed E-state index contributed by atoms with van der Waals surface area (Å²) in [6.07, 6.45) is -0.433. The van der Waals surface area contributed by atoms with Gasteiger partial charge in [0, 0.05) is 18.5 Å². The molecule has 1 heterocycles. The van der Waals surface area contributed by atoms with Gasteiger partial charge in [-0.25, -0.2) is 8.42 Å². The van der Waals surface area contributed by atoms with Gasteiger partial charge in [0.2, 0.25) is 10.0 Å². The maximum atomic E-state index is 13.0. The topological polar surface area (TPSA) is 77.8 Å². The number of aliphatic hydroxyl groups excluding tert-OH is 2. The number of benzene rings is 2. The zero-order valence-electron chi connectivity index (χ0n) is 14.1. The minimum absolute atomic E-state index is 0.0268. The van der Waals surface area contributed by atoms with Gasteiger partial charge in [0.05, 0.1) is 17.6 Å². The summed E-state index contributed by atoms with van der Waals surface area (Å²) in [5.41, 5.74) is 1.93. The number of rotatable bonds is 4. The van der Waals surface area contributed by atoms with Crippen molar-refractivity contribution in [3.05, 3.63) is 65.7 Å². The zero-order chi connectivity index (χ0) is 18.0. The summed E-state index contributed by atoms with van der Waals surface area (Å²) in [4.78, 5) is 0.182. The number of aryl methyl sites for hydroxylation is 1. The van der Waals surface area contributed by atoms with Crippen LogP contribution in [0.3, 0.4) is 0 Å². The predicted molar refractivity (Wildman–Crippen MR) is 95.8 cm³/mol. The molecule has 1 saturated heterocycles. The second-order valence-corrected chi connectivity index (χ2v) is 8.43. The van der Waals surface area contributed by atoms with Crippen LogP contribution in [0.5, 0.6) is 0 Å². The first kappa shape index (κ1) is 18.1. The van der Waals surface area contributed by atoms with Crippen molar-refractivity contribution in [1.29, 1.82) is 0 Å². The average Bonchev–Trinajstić information content (AvgIpc) is 2.62. The van der Waals surface area contributed by atoms with Crippen LogP contribution < -0.4 is 0 Å². The number of piperidine rings is 1. The van der Waals surface area contributed by atoms with Gasteiger partial charge in [0.1, 0.15) is 0 Å². The molecular weight excluding hydrogens is 338 g/mol. The van der Waals surface area contributed by atoms with Gasteiger partial charge in [-0.1, -0.05) is 48.0 Å². The maximum Gasteiger partial charge on any atom is 0.243 e. The molecule has 1 fully saturated rings. The molecule has 1 aliphatic rings. The standard InChI is InChI=1S/C19H23NO4S/c1-14-7-9-17(10-8-14)25(23,24)20-12-19(22)18(11-16(20)13-21)15-5-3-2-4-6-15/h2-10,16,18-19,21-22H,11-13H2,1H3/t16-,18+,19-/m0/s1. The largest absolute Gasteiger partial charge is 0.395 e. The van der Waals surface area contributed by atoms with E-state index in [1.807, 2.05) is 37.3 Å². The Bertz CT molecular complexity index is 805. The summed E-state index contributed by atoms with van der Waals surface area (Å²) in [6.45, 7) is 1.59. The van der Waals surface area contributed by atoms with Crippen molar-refractivity contribution in [2.45, 2.75) is 36.3 Å². The van der Waals surface area contributed by atoms with Gasteiger partial charge in [0.25, 0.3) is 0 Å². The number of nitrogens with zero attached hydrogens (tertiary/aromatic N) is 1. The third-order valence-electron chi connectivity index (χ3n) is 4.83. The number of hydrogen-bond donors (Lipinski definition) is 2. The van der Waals surface area contributed by atoms with Gasteiger partial charge >= 0.3 is 0 Å². The smallest absolute Gasteiger partial charge is 0.243 e. The number of hydrogen-bond acceptors (Lipinski definition) is 4. The minimum Gasteiger partial charge on any atom is -0.395 e. The summed E-state index contributed by atoms with van der Waals surface area (Å²) in [5.74, 6) is -0.192. The molecule has 0 spiro atoms. The Balaban J connectivity index is 1.89. The fraction of sp³-hybridized carbons (Fsp3) is 0.368. The Morgan fingerprint density at radius 1 is 1.08 bits per heavy atom. The molecule has 6 heteroatoms. The summed E-state index contributed by atoms with van der Waals surface area (Å²) < 4.78 is 27.2. The quantitative estimate of drug-likeness (QED) is 0.872. The number of sulfonamides is 1. The Kier molecular flexibility index (Phi) is 5.24. The molecule has 25 heavy (non-hydrogen) atoms. The van der Waals surface area contributed by atoms with Gasteiger partial charge in [-0.2, -0.15) is 4.31 Å². The molecule has 0 radical (unpaired) electrons. The van der Waals surface area contributed by atoms with E-state index in [9.17, 15) is 18.6 Å². The van der Waals surface area contributed by atoms with Crippen molar-refractivity contribution in [1.82, 2.24) is 4.31 Å². The third kappa shape index (κ3) is 3.62. The van der Waals surface area contributed by atoms with Crippen LogP contribution in [-0.2, 0) is 10.0 Å². The Morgan fingerprint density at radius 2 is 1.72 bits per heavy atom. The normalized spacial score (nSPS) is 25.0. The molecule has 0 aromatic heterocycles. The van der Waals surface area contributed by atoms with E-state index in [0.29, 0.717) is 6.42 Å². The Labute approximate surface area is 148 Å². The molecular formula is C19H23NO4S. The summed E-state index contributed by atoms with van der Waals surface area (Å²) in [5, 5.41) is 20.4. The van der Waals surface area contributed by atoms with Crippen LogP contribution in [0.25, 0.3) is 0 Å².